The maximum Gasteiger partial charge on any atom is 0.146 e. The van der Waals surface area contributed by atoms with Crippen molar-refractivity contribution in [3.63, 3.8) is 0 Å². The molecule has 2 aromatic rings. The molecule has 0 saturated carbocycles. The van der Waals surface area contributed by atoms with Crippen LogP contribution in [0.5, 0.6) is 11.5 Å². The minimum atomic E-state index is 0.0696. The van der Waals surface area contributed by atoms with Crippen LogP contribution < -0.4 is 10.5 Å². The van der Waals surface area contributed by atoms with E-state index in [2.05, 4.69) is 15.9 Å². The van der Waals surface area contributed by atoms with Gasteiger partial charge in [0, 0.05) is 15.5 Å². The lowest BCUT2D eigenvalue weighted by molar-refractivity contribution is 0.482. The molecule has 0 aliphatic rings. The minimum absolute atomic E-state index is 0.0696. The van der Waals surface area contributed by atoms with Crippen LogP contribution in [-0.2, 0) is 6.42 Å². The highest BCUT2D eigenvalue weighted by Gasteiger charge is 2.08. The molecule has 0 spiro atoms. The fourth-order valence-corrected chi connectivity index (χ4v) is 2.75. The van der Waals surface area contributed by atoms with E-state index in [1.807, 2.05) is 25.1 Å². The molecule has 1 unspecified atom stereocenters. The Bertz CT molecular complexity index is 617. The average molecular weight is 375 g/mol. The van der Waals surface area contributed by atoms with E-state index in [4.69, 9.17) is 33.7 Å². The summed E-state index contributed by atoms with van der Waals surface area (Å²) in [6.07, 6.45) is 0.734. The molecule has 2 rings (SSSR count). The van der Waals surface area contributed by atoms with Gasteiger partial charge in [-0.1, -0.05) is 45.2 Å². The molecule has 0 fully saturated rings. The molecule has 2 nitrogen and oxygen atoms in total. The third kappa shape index (κ3) is 4.13. The largest absolute Gasteiger partial charge is 0.456 e. The van der Waals surface area contributed by atoms with Gasteiger partial charge < -0.3 is 10.5 Å². The normalized spacial score (nSPS) is 12.2. The van der Waals surface area contributed by atoms with E-state index in [-0.39, 0.29) is 6.04 Å². The Morgan fingerprint density at radius 3 is 2.50 bits per heavy atom. The van der Waals surface area contributed by atoms with Crippen LogP contribution in [0.1, 0.15) is 12.5 Å². The molecular formula is C15H14BrCl2NO. The molecule has 106 valence electrons. The summed E-state index contributed by atoms with van der Waals surface area (Å²) in [6.45, 7) is 1.95. The quantitative estimate of drug-likeness (QED) is 0.773. The van der Waals surface area contributed by atoms with Gasteiger partial charge in [-0.15, -0.1) is 0 Å². The Morgan fingerprint density at radius 2 is 1.90 bits per heavy atom. The van der Waals surface area contributed by atoms with E-state index in [9.17, 15) is 0 Å². The summed E-state index contributed by atoms with van der Waals surface area (Å²) in [4.78, 5) is 0. The van der Waals surface area contributed by atoms with Crippen molar-refractivity contribution in [2.45, 2.75) is 19.4 Å². The van der Waals surface area contributed by atoms with Gasteiger partial charge in [-0.05, 0) is 49.2 Å². The van der Waals surface area contributed by atoms with Crippen LogP contribution in [0, 0.1) is 0 Å². The van der Waals surface area contributed by atoms with E-state index < -0.39 is 0 Å². The van der Waals surface area contributed by atoms with E-state index in [0.29, 0.717) is 21.5 Å². The van der Waals surface area contributed by atoms with Gasteiger partial charge in [-0.3, -0.25) is 0 Å². The van der Waals surface area contributed by atoms with Crippen molar-refractivity contribution >= 4 is 39.1 Å². The molecule has 0 saturated heterocycles. The molecule has 0 radical (unpaired) electrons. The summed E-state index contributed by atoms with van der Waals surface area (Å²) < 4.78 is 6.64. The second kappa shape index (κ2) is 6.81. The molecule has 0 bridgehead atoms. The standard InChI is InChI=1S/C15H14BrCl2NO/c1-9(19)6-10-2-4-12(8-13(10)17)20-15-5-3-11(16)7-14(15)18/h2-5,7-9H,6,19H2,1H3. The van der Waals surface area contributed by atoms with Gasteiger partial charge >= 0.3 is 0 Å². The highest BCUT2D eigenvalue weighted by molar-refractivity contribution is 9.10. The van der Waals surface area contributed by atoms with Crippen LogP contribution in [0.3, 0.4) is 0 Å². The topological polar surface area (TPSA) is 35.2 Å². The average Bonchev–Trinajstić information content (AvgIpc) is 2.36. The third-order valence-corrected chi connectivity index (χ3v) is 3.83. The maximum absolute atomic E-state index is 6.23. The predicted octanol–water partition coefficient (Wildman–Crippen LogP) is 5.44. The zero-order chi connectivity index (χ0) is 14.7. The third-order valence-electron chi connectivity index (χ3n) is 2.69. The van der Waals surface area contributed by atoms with Crippen LogP contribution in [0.25, 0.3) is 0 Å². The number of halogens is 3. The van der Waals surface area contributed by atoms with E-state index >= 15 is 0 Å². The second-order valence-electron chi connectivity index (χ2n) is 4.61. The molecule has 0 aliphatic heterocycles. The lowest BCUT2D eigenvalue weighted by atomic mass is 10.1. The summed E-state index contributed by atoms with van der Waals surface area (Å²) in [6, 6.07) is 11.1. The number of nitrogens with two attached hydrogens (primary N) is 1. The van der Waals surface area contributed by atoms with Crippen molar-refractivity contribution in [3.8, 4) is 11.5 Å². The molecule has 0 heterocycles. The van der Waals surface area contributed by atoms with Crippen LogP contribution in [0.15, 0.2) is 40.9 Å². The van der Waals surface area contributed by atoms with Gasteiger partial charge in [0.1, 0.15) is 11.5 Å². The summed E-state index contributed by atoms with van der Waals surface area (Å²) >= 11 is 15.7. The van der Waals surface area contributed by atoms with Gasteiger partial charge in [-0.25, -0.2) is 0 Å². The summed E-state index contributed by atoms with van der Waals surface area (Å²) in [7, 11) is 0. The first-order chi connectivity index (χ1) is 9.45. The van der Waals surface area contributed by atoms with Gasteiger partial charge in [-0.2, -0.15) is 0 Å². The SMILES string of the molecule is CC(N)Cc1ccc(Oc2ccc(Br)cc2Cl)cc1Cl. The maximum atomic E-state index is 6.23. The summed E-state index contributed by atoms with van der Waals surface area (Å²) in [5, 5.41) is 1.18. The van der Waals surface area contributed by atoms with Gasteiger partial charge in [0.05, 0.1) is 5.02 Å². The number of rotatable bonds is 4. The minimum Gasteiger partial charge on any atom is -0.456 e. The van der Waals surface area contributed by atoms with Crippen molar-refractivity contribution in [2.24, 2.45) is 5.73 Å². The molecule has 5 heteroatoms. The fraction of sp³-hybridized carbons (Fsp3) is 0.200. The summed E-state index contributed by atoms with van der Waals surface area (Å²) in [5.41, 5.74) is 6.79. The molecule has 1 atom stereocenters. The monoisotopic (exact) mass is 373 g/mol. The van der Waals surface area contributed by atoms with Gasteiger partial charge in [0.25, 0.3) is 0 Å². The number of benzene rings is 2. The van der Waals surface area contributed by atoms with Crippen molar-refractivity contribution in [1.29, 1.82) is 0 Å². The highest BCUT2D eigenvalue weighted by atomic mass is 79.9. The number of ether oxygens (including phenoxy) is 1. The van der Waals surface area contributed by atoms with Crippen molar-refractivity contribution in [1.82, 2.24) is 0 Å². The molecule has 2 aromatic carbocycles. The van der Waals surface area contributed by atoms with Crippen molar-refractivity contribution < 1.29 is 4.74 Å². The van der Waals surface area contributed by atoms with Gasteiger partial charge in [0.15, 0.2) is 0 Å². The highest BCUT2D eigenvalue weighted by Crippen LogP contribution is 2.33. The second-order valence-corrected chi connectivity index (χ2v) is 6.34. The number of hydrogen-bond donors (Lipinski definition) is 1. The zero-order valence-electron chi connectivity index (χ0n) is 10.9. The lowest BCUT2D eigenvalue weighted by Crippen LogP contribution is -2.17. The molecule has 20 heavy (non-hydrogen) atoms. The van der Waals surface area contributed by atoms with E-state index in [1.54, 1.807) is 18.2 Å². The Balaban J connectivity index is 2.20. The molecule has 0 aromatic heterocycles. The zero-order valence-corrected chi connectivity index (χ0v) is 14.0. The van der Waals surface area contributed by atoms with Crippen LogP contribution in [0.4, 0.5) is 0 Å². The van der Waals surface area contributed by atoms with Crippen LogP contribution in [-0.4, -0.2) is 6.04 Å². The first-order valence-electron chi connectivity index (χ1n) is 6.12. The van der Waals surface area contributed by atoms with E-state index in [0.717, 1.165) is 16.5 Å². The van der Waals surface area contributed by atoms with Crippen LogP contribution >= 0.6 is 39.1 Å². The van der Waals surface area contributed by atoms with Gasteiger partial charge in [0.2, 0.25) is 0 Å². The first-order valence-corrected chi connectivity index (χ1v) is 7.67. The van der Waals surface area contributed by atoms with Crippen LogP contribution in [0.2, 0.25) is 10.0 Å². The smallest absolute Gasteiger partial charge is 0.146 e. The summed E-state index contributed by atoms with van der Waals surface area (Å²) in [5.74, 6) is 1.23. The first kappa shape index (κ1) is 15.6. The Kier molecular flexibility index (Phi) is 5.33. The predicted molar refractivity (Wildman–Crippen MR) is 88.0 cm³/mol. The Morgan fingerprint density at radius 1 is 1.15 bits per heavy atom. The van der Waals surface area contributed by atoms with E-state index in [1.165, 1.54) is 0 Å². The molecule has 0 aliphatic carbocycles. The Hall–Kier alpha value is -0.740. The van der Waals surface area contributed by atoms with Crippen molar-refractivity contribution in [3.05, 3.63) is 56.5 Å². The molecule has 2 N–H and O–H groups in total. The van der Waals surface area contributed by atoms with Crippen molar-refractivity contribution in [2.75, 3.05) is 0 Å². The molecular weight excluding hydrogens is 361 g/mol. The Labute approximate surface area is 137 Å². The lowest BCUT2D eigenvalue weighted by Gasteiger charge is -2.11. The molecule has 0 amide bonds. The number of hydrogen-bond acceptors (Lipinski definition) is 2. The fourth-order valence-electron chi connectivity index (χ4n) is 1.79.